The average molecular weight is 242 g/mol. The first-order valence-corrected chi connectivity index (χ1v) is 5.14. The predicted octanol–water partition coefficient (Wildman–Crippen LogP) is 1.39. The van der Waals surface area contributed by atoms with Gasteiger partial charge in [0.2, 0.25) is 0 Å². The van der Waals surface area contributed by atoms with Crippen LogP contribution in [0.4, 0.5) is 11.5 Å². The molecule has 0 unspecified atom stereocenters. The van der Waals surface area contributed by atoms with E-state index >= 15 is 0 Å². The molecule has 0 amide bonds. The van der Waals surface area contributed by atoms with Crippen LogP contribution in [-0.2, 0) is 0 Å². The van der Waals surface area contributed by atoms with Gasteiger partial charge in [-0.3, -0.25) is 4.98 Å². The van der Waals surface area contributed by atoms with Gasteiger partial charge < -0.3 is 10.1 Å². The summed E-state index contributed by atoms with van der Waals surface area (Å²) in [4.78, 5) is 17.3. The number of H-pyrrole nitrogens is 1. The normalized spacial score (nSPS) is 9.56. The standard InChI is InChI=1S/C12H10N4O2/c1-18-10-5-3-2-4-9(10)15-11-6-8(7-13)14-12(17)16-11/h2-6H,1H3,(H2,14,15,16,17). The molecule has 0 aliphatic rings. The molecule has 6 heteroatoms. The van der Waals surface area contributed by atoms with Crippen LogP contribution >= 0.6 is 0 Å². The van der Waals surface area contributed by atoms with E-state index in [1.54, 1.807) is 19.2 Å². The number of hydrogen-bond acceptors (Lipinski definition) is 5. The summed E-state index contributed by atoms with van der Waals surface area (Å²) in [6.45, 7) is 0. The Morgan fingerprint density at radius 1 is 1.44 bits per heavy atom. The predicted molar refractivity (Wildman–Crippen MR) is 65.8 cm³/mol. The highest BCUT2D eigenvalue weighted by Crippen LogP contribution is 2.25. The molecule has 0 spiro atoms. The number of rotatable bonds is 3. The van der Waals surface area contributed by atoms with E-state index in [-0.39, 0.29) is 5.69 Å². The lowest BCUT2D eigenvalue weighted by Crippen LogP contribution is -2.13. The van der Waals surface area contributed by atoms with Crippen LogP contribution in [0.1, 0.15) is 5.69 Å². The lowest BCUT2D eigenvalue weighted by atomic mass is 10.3. The van der Waals surface area contributed by atoms with Crippen LogP contribution in [0.5, 0.6) is 5.75 Å². The van der Waals surface area contributed by atoms with Crippen molar-refractivity contribution in [1.82, 2.24) is 9.97 Å². The van der Waals surface area contributed by atoms with Gasteiger partial charge in [-0.25, -0.2) is 4.79 Å². The van der Waals surface area contributed by atoms with Crippen LogP contribution in [0.3, 0.4) is 0 Å². The number of methoxy groups -OCH3 is 1. The Hall–Kier alpha value is -2.81. The third-order valence-corrected chi connectivity index (χ3v) is 2.23. The highest BCUT2D eigenvalue weighted by molar-refractivity contribution is 5.64. The molecule has 0 fully saturated rings. The van der Waals surface area contributed by atoms with Crippen molar-refractivity contribution in [2.75, 3.05) is 12.4 Å². The first-order valence-electron chi connectivity index (χ1n) is 5.14. The molecule has 1 aromatic carbocycles. The fourth-order valence-corrected chi connectivity index (χ4v) is 1.47. The number of anilines is 2. The monoisotopic (exact) mass is 242 g/mol. The molecule has 0 aliphatic heterocycles. The molecule has 0 atom stereocenters. The molecule has 0 saturated carbocycles. The van der Waals surface area contributed by atoms with E-state index in [4.69, 9.17) is 10.00 Å². The molecule has 90 valence electrons. The van der Waals surface area contributed by atoms with E-state index in [1.807, 2.05) is 18.2 Å². The summed E-state index contributed by atoms with van der Waals surface area (Å²) in [6.07, 6.45) is 0. The fraction of sp³-hybridized carbons (Fsp3) is 0.0833. The topological polar surface area (TPSA) is 90.8 Å². The molecular formula is C12H10N4O2. The van der Waals surface area contributed by atoms with Gasteiger partial charge in [0.1, 0.15) is 23.3 Å². The summed E-state index contributed by atoms with van der Waals surface area (Å²) in [5, 5.41) is 11.7. The molecule has 2 rings (SSSR count). The molecule has 0 aliphatic carbocycles. The van der Waals surface area contributed by atoms with E-state index < -0.39 is 5.69 Å². The molecule has 1 heterocycles. The van der Waals surface area contributed by atoms with Gasteiger partial charge in [0.25, 0.3) is 0 Å². The Kier molecular flexibility index (Phi) is 3.25. The zero-order valence-electron chi connectivity index (χ0n) is 9.60. The number of nitrogens with zero attached hydrogens (tertiary/aromatic N) is 2. The number of ether oxygens (including phenoxy) is 1. The van der Waals surface area contributed by atoms with Gasteiger partial charge in [-0.2, -0.15) is 10.2 Å². The second kappa shape index (κ2) is 5.01. The Labute approximate surface area is 103 Å². The Morgan fingerprint density at radius 2 is 2.22 bits per heavy atom. The van der Waals surface area contributed by atoms with Crippen molar-refractivity contribution < 1.29 is 4.74 Å². The molecule has 1 aromatic heterocycles. The van der Waals surface area contributed by atoms with Gasteiger partial charge in [-0.1, -0.05) is 12.1 Å². The van der Waals surface area contributed by atoms with Gasteiger partial charge >= 0.3 is 5.69 Å². The van der Waals surface area contributed by atoms with Gasteiger partial charge in [0.05, 0.1) is 12.8 Å². The largest absolute Gasteiger partial charge is 0.495 e. The van der Waals surface area contributed by atoms with E-state index in [2.05, 4.69) is 15.3 Å². The Morgan fingerprint density at radius 3 is 2.94 bits per heavy atom. The number of benzene rings is 1. The molecule has 18 heavy (non-hydrogen) atoms. The van der Waals surface area contributed by atoms with Crippen LogP contribution in [0.25, 0.3) is 0 Å². The Bertz CT molecular complexity index is 658. The van der Waals surface area contributed by atoms with Gasteiger partial charge in [-0.05, 0) is 12.1 Å². The summed E-state index contributed by atoms with van der Waals surface area (Å²) in [6, 6.07) is 10.5. The minimum absolute atomic E-state index is 0.146. The minimum atomic E-state index is -0.577. The number of para-hydroxylation sites is 2. The summed E-state index contributed by atoms with van der Waals surface area (Å²) in [5.74, 6) is 0.915. The number of nitrogens with one attached hydrogen (secondary N) is 2. The maximum absolute atomic E-state index is 11.2. The van der Waals surface area contributed by atoms with Gasteiger partial charge in [0.15, 0.2) is 0 Å². The smallest absolute Gasteiger partial charge is 0.347 e. The maximum atomic E-state index is 11.2. The van der Waals surface area contributed by atoms with Crippen molar-refractivity contribution >= 4 is 11.5 Å². The van der Waals surface area contributed by atoms with Crippen LogP contribution in [0.15, 0.2) is 35.1 Å². The zero-order chi connectivity index (χ0) is 13.0. The molecule has 6 nitrogen and oxygen atoms in total. The first-order chi connectivity index (χ1) is 8.72. The van der Waals surface area contributed by atoms with Gasteiger partial charge in [-0.15, -0.1) is 0 Å². The molecule has 0 radical (unpaired) electrons. The first kappa shape index (κ1) is 11.7. The fourth-order valence-electron chi connectivity index (χ4n) is 1.47. The minimum Gasteiger partial charge on any atom is -0.495 e. The van der Waals surface area contributed by atoms with Crippen molar-refractivity contribution in [1.29, 1.82) is 5.26 Å². The highest BCUT2D eigenvalue weighted by Gasteiger charge is 2.04. The maximum Gasteiger partial charge on any atom is 0.347 e. The van der Waals surface area contributed by atoms with E-state index in [0.29, 0.717) is 17.3 Å². The summed E-state index contributed by atoms with van der Waals surface area (Å²) < 4.78 is 5.16. The SMILES string of the molecule is COc1ccccc1Nc1cc(C#N)[nH]c(=O)n1. The van der Waals surface area contributed by atoms with Crippen molar-refractivity contribution in [3.8, 4) is 11.8 Å². The second-order valence-electron chi connectivity index (χ2n) is 3.42. The van der Waals surface area contributed by atoms with Gasteiger partial charge in [0, 0.05) is 6.07 Å². The van der Waals surface area contributed by atoms with Crippen LogP contribution in [0, 0.1) is 11.3 Å². The number of hydrogen-bond donors (Lipinski definition) is 2. The van der Waals surface area contributed by atoms with Crippen molar-refractivity contribution in [3.63, 3.8) is 0 Å². The Balaban J connectivity index is 2.37. The molecule has 2 aromatic rings. The average Bonchev–Trinajstić information content (AvgIpc) is 2.38. The molecule has 0 saturated heterocycles. The second-order valence-corrected chi connectivity index (χ2v) is 3.42. The van der Waals surface area contributed by atoms with Crippen LogP contribution < -0.4 is 15.7 Å². The van der Waals surface area contributed by atoms with Crippen molar-refractivity contribution in [3.05, 3.63) is 46.5 Å². The number of aromatic nitrogens is 2. The summed E-state index contributed by atoms with van der Waals surface area (Å²) >= 11 is 0. The van der Waals surface area contributed by atoms with Crippen LogP contribution in [0.2, 0.25) is 0 Å². The zero-order valence-corrected chi connectivity index (χ0v) is 9.60. The number of aromatic amines is 1. The van der Waals surface area contributed by atoms with Crippen molar-refractivity contribution in [2.45, 2.75) is 0 Å². The molecular weight excluding hydrogens is 232 g/mol. The lowest BCUT2D eigenvalue weighted by Gasteiger charge is -2.09. The van der Waals surface area contributed by atoms with E-state index in [1.165, 1.54) is 6.07 Å². The molecule has 0 bridgehead atoms. The third-order valence-electron chi connectivity index (χ3n) is 2.23. The van der Waals surface area contributed by atoms with Crippen LogP contribution in [-0.4, -0.2) is 17.1 Å². The third kappa shape index (κ3) is 2.47. The summed E-state index contributed by atoms with van der Waals surface area (Å²) in [5.41, 5.74) is 0.237. The highest BCUT2D eigenvalue weighted by atomic mass is 16.5. The molecule has 2 N–H and O–H groups in total. The summed E-state index contributed by atoms with van der Waals surface area (Å²) in [7, 11) is 1.55. The van der Waals surface area contributed by atoms with E-state index in [9.17, 15) is 4.79 Å². The number of nitriles is 1. The van der Waals surface area contributed by atoms with Crippen molar-refractivity contribution in [2.24, 2.45) is 0 Å². The quantitative estimate of drug-likeness (QED) is 0.848. The lowest BCUT2D eigenvalue weighted by molar-refractivity contribution is 0.417. The van der Waals surface area contributed by atoms with E-state index in [0.717, 1.165) is 0 Å².